The summed E-state index contributed by atoms with van der Waals surface area (Å²) in [6.45, 7) is 3.28. The molecule has 0 aliphatic heterocycles. The van der Waals surface area contributed by atoms with Gasteiger partial charge >= 0.3 is 11.7 Å². The van der Waals surface area contributed by atoms with E-state index in [1.54, 1.807) is 44.2 Å². The van der Waals surface area contributed by atoms with Gasteiger partial charge in [-0.3, -0.25) is 0 Å². The molecule has 0 unspecified atom stereocenters. The van der Waals surface area contributed by atoms with Gasteiger partial charge in [0.15, 0.2) is 0 Å². The largest absolute Gasteiger partial charge is 0.454 e. The summed E-state index contributed by atoms with van der Waals surface area (Å²) in [6, 6.07) is 8.55. The molecule has 0 aliphatic carbocycles. The van der Waals surface area contributed by atoms with Gasteiger partial charge in [0.2, 0.25) is 0 Å². The minimum Gasteiger partial charge on any atom is -0.454 e. The number of aliphatic hydroxyl groups is 1. The van der Waals surface area contributed by atoms with E-state index in [0.29, 0.717) is 12.0 Å². The molecule has 1 aromatic carbocycles. The zero-order valence-corrected chi connectivity index (χ0v) is 10.4. The van der Waals surface area contributed by atoms with Crippen molar-refractivity contribution in [1.29, 1.82) is 0 Å². The molecule has 0 saturated carbocycles. The van der Waals surface area contributed by atoms with Gasteiger partial charge in [-0.25, -0.2) is 4.79 Å². The maximum Gasteiger partial charge on any atom is 0.422 e. The second kappa shape index (κ2) is 6.69. The molecule has 1 aromatic rings. The van der Waals surface area contributed by atoms with Crippen LogP contribution >= 0.6 is 0 Å². The van der Waals surface area contributed by atoms with Crippen LogP contribution in [-0.4, -0.2) is 33.8 Å². The number of esters is 1. The van der Waals surface area contributed by atoms with Gasteiger partial charge in [-0.2, -0.15) is 4.79 Å². The summed E-state index contributed by atoms with van der Waals surface area (Å²) < 4.78 is 5.08. The van der Waals surface area contributed by atoms with E-state index in [-0.39, 0.29) is 5.71 Å². The van der Waals surface area contributed by atoms with Gasteiger partial charge in [0.1, 0.15) is 6.10 Å². The van der Waals surface area contributed by atoms with Gasteiger partial charge < -0.3 is 15.4 Å². The van der Waals surface area contributed by atoms with Crippen LogP contribution in [0.15, 0.2) is 30.3 Å². The number of rotatable bonds is 5. The third kappa shape index (κ3) is 4.13. The summed E-state index contributed by atoms with van der Waals surface area (Å²) in [6.07, 6.45) is -0.670. The topological polar surface area (TPSA) is 82.9 Å². The predicted molar refractivity (Wildman–Crippen MR) is 66.0 cm³/mol. The number of ether oxygens (including phenoxy) is 1. The van der Waals surface area contributed by atoms with Gasteiger partial charge in [-0.15, -0.1) is 0 Å². The van der Waals surface area contributed by atoms with Crippen LogP contribution in [0.3, 0.4) is 0 Å². The first-order chi connectivity index (χ1) is 8.54. The molecule has 0 fully saturated rings. The summed E-state index contributed by atoms with van der Waals surface area (Å²) in [5.41, 5.74) is 9.22. The van der Waals surface area contributed by atoms with E-state index in [4.69, 9.17) is 10.3 Å². The third-order valence-corrected chi connectivity index (χ3v) is 2.32. The average molecular weight is 248 g/mol. The molecule has 5 heteroatoms. The Balaban J connectivity index is 2.74. The highest BCUT2D eigenvalue weighted by atomic mass is 16.5. The maximum absolute atomic E-state index is 11.8. The molecule has 18 heavy (non-hydrogen) atoms. The van der Waals surface area contributed by atoms with Crippen LogP contribution in [0.25, 0.3) is 5.53 Å². The molecule has 0 heterocycles. The van der Waals surface area contributed by atoms with E-state index in [2.05, 4.69) is 4.79 Å². The molecule has 0 spiro atoms. The number of carbonyl (C=O) groups is 1. The van der Waals surface area contributed by atoms with Gasteiger partial charge in [-0.05, 0) is 26.0 Å². The maximum atomic E-state index is 11.8. The molecule has 1 rings (SSSR count). The molecule has 1 N–H and O–H groups in total. The van der Waals surface area contributed by atoms with Crippen molar-refractivity contribution in [2.45, 2.75) is 32.5 Å². The fraction of sp³-hybridized carbons (Fsp3) is 0.385. The molecule has 0 aliphatic rings. The molecule has 2 atom stereocenters. The molecule has 0 bridgehead atoms. The lowest BCUT2D eigenvalue weighted by Gasteiger charge is -2.12. The van der Waals surface area contributed by atoms with E-state index in [9.17, 15) is 9.90 Å². The standard InChI is InChI=1S/C13H16N2O3/c1-9(16)8-10(2)18-13(17)12(15-14)11-6-4-3-5-7-11/h3-7,9-10,16H,8H2,1-2H3/t9-,10-/m1/s1. The summed E-state index contributed by atoms with van der Waals surface area (Å²) in [5.74, 6) is -0.711. The molecular weight excluding hydrogens is 232 g/mol. The smallest absolute Gasteiger partial charge is 0.422 e. The van der Waals surface area contributed by atoms with E-state index < -0.39 is 18.2 Å². The highest BCUT2D eigenvalue weighted by Crippen LogP contribution is 2.06. The Morgan fingerprint density at radius 3 is 2.50 bits per heavy atom. The second-order valence-corrected chi connectivity index (χ2v) is 4.12. The molecule has 0 aromatic heterocycles. The highest BCUT2D eigenvalue weighted by molar-refractivity contribution is 6.40. The van der Waals surface area contributed by atoms with Crippen LogP contribution in [0, 0.1) is 0 Å². The number of nitrogens with zero attached hydrogens (tertiary/aromatic N) is 2. The highest BCUT2D eigenvalue weighted by Gasteiger charge is 2.26. The van der Waals surface area contributed by atoms with E-state index in [1.165, 1.54) is 0 Å². The van der Waals surface area contributed by atoms with Crippen LogP contribution in [-0.2, 0) is 9.53 Å². The first-order valence-corrected chi connectivity index (χ1v) is 5.71. The van der Waals surface area contributed by atoms with Crippen LogP contribution in [0.5, 0.6) is 0 Å². The summed E-state index contributed by atoms with van der Waals surface area (Å²) in [5, 5.41) is 9.18. The van der Waals surface area contributed by atoms with Crippen molar-refractivity contribution in [2.75, 3.05) is 0 Å². The lowest BCUT2D eigenvalue weighted by molar-refractivity contribution is -0.145. The first kappa shape index (κ1) is 14.1. The number of carbonyl (C=O) groups excluding carboxylic acids is 1. The van der Waals surface area contributed by atoms with Crippen molar-refractivity contribution < 1.29 is 19.4 Å². The van der Waals surface area contributed by atoms with Gasteiger partial charge in [0.05, 0.1) is 11.7 Å². The lowest BCUT2D eigenvalue weighted by Crippen LogP contribution is -2.26. The number of hydrogen-bond donors (Lipinski definition) is 1. The van der Waals surface area contributed by atoms with E-state index in [1.807, 2.05) is 0 Å². The lowest BCUT2D eigenvalue weighted by atomic mass is 10.1. The SMILES string of the molecule is C[C@H](C[C@@H](C)O)OC(=O)C(=[N+]=[N-])c1ccccc1. The van der Waals surface area contributed by atoms with Crippen LogP contribution < -0.4 is 0 Å². The summed E-state index contributed by atoms with van der Waals surface area (Å²) in [4.78, 5) is 14.7. The van der Waals surface area contributed by atoms with Crippen LogP contribution in [0.4, 0.5) is 0 Å². The number of aliphatic hydroxyl groups excluding tert-OH is 1. The predicted octanol–water partition coefficient (Wildman–Crippen LogP) is 1.41. The average Bonchev–Trinajstić information content (AvgIpc) is 2.29. The summed E-state index contributed by atoms with van der Waals surface area (Å²) >= 11 is 0. The van der Waals surface area contributed by atoms with E-state index in [0.717, 1.165) is 0 Å². The number of benzene rings is 1. The molecule has 5 nitrogen and oxygen atoms in total. The Morgan fingerprint density at radius 1 is 1.39 bits per heavy atom. The Kier molecular flexibility index (Phi) is 5.24. The van der Waals surface area contributed by atoms with Gasteiger partial charge in [0.25, 0.3) is 0 Å². The Labute approximate surface area is 106 Å². The van der Waals surface area contributed by atoms with Crippen molar-refractivity contribution in [3.8, 4) is 0 Å². The minimum absolute atomic E-state index is 0.145. The normalized spacial score (nSPS) is 13.3. The quantitative estimate of drug-likeness (QED) is 0.370. The van der Waals surface area contributed by atoms with Crippen LogP contribution in [0.2, 0.25) is 0 Å². The van der Waals surface area contributed by atoms with Gasteiger partial charge in [-0.1, -0.05) is 18.2 Å². The zero-order chi connectivity index (χ0) is 13.5. The molecule has 0 saturated heterocycles. The first-order valence-electron chi connectivity index (χ1n) is 5.71. The van der Waals surface area contributed by atoms with Crippen molar-refractivity contribution in [1.82, 2.24) is 0 Å². The van der Waals surface area contributed by atoms with Crippen molar-refractivity contribution in [2.24, 2.45) is 0 Å². The fourth-order valence-electron chi connectivity index (χ4n) is 1.58. The van der Waals surface area contributed by atoms with Crippen LogP contribution in [0.1, 0.15) is 25.8 Å². The molecule has 96 valence electrons. The van der Waals surface area contributed by atoms with Crippen molar-refractivity contribution >= 4 is 11.7 Å². The van der Waals surface area contributed by atoms with Gasteiger partial charge in [0, 0.05) is 6.42 Å². The van der Waals surface area contributed by atoms with E-state index >= 15 is 0 Å². The zero-order valence-electron chi connectivity index (χ0n) is 10.4. The Hall–Kier alpha value is -1.97. The second-order valence-electron chi connectivity index (χ2n) is 4.12. The fourth-order valence-corrected chi connectivity index (χ4v) is 1.58. The minimum atomic E-state index is -0.711. The third-order valence-electron chi connectivity index (χ3n) is 2.32. The molecule has 0 radical (unpaired) electrons. The number of hydrogen-bond acceptors (Lipinski definition) is 3. The Bertz CT molecular complexity index is 451. The monoisotopic (exact) mass is 248 g/mol. The Morgan fingerprint density at radius 2 is 2.00 bits per heavy atom. The molecule has 0 amide bonds. The van der Waals surface area contributed by atoms with Crippen molar-refractivity contribution in [3.63, 3.8) is 0 Å². The summed E-state index contributed by atoms with van der Waals surface area (Å²) in [7, 11) is 0. The molecular formula is C13H16N2O3. The van der Waals surface area contributed by atoms with Crippen molar-refractivity contribution in [3.05, 3.63) is 41.4 Å².